The monoisotopic (exact) mass is 270 g/mol. The Kier molecular flexibility index (Phi) is 4.96. The number of carboxylic acids is 1. The van der Waals surface area contributed by atoms with Gasteiger partial charge in [-0.2, -0.15) is 11.8 Å². The fourth-order valence-corrected chi connectivity index (χ4v) is 1.57. The first-order valence-corrected chi connectivity index (χ1v) is 6.53. The van der Waals surface area contributed by atoms with E-state index in [2.05, 4.69) is 5.32 Å². The summed E-state index contributed by atoms with van der Waals surface area (Å²) in [5.74, 6) is -1.30. The highest BCUT2D eigenvalue weighted by Gasteiger charge is 2.19. The lowest BCUT2D eigenvalue weighted by molar-refractivity contribution is -0.385. The third-order valence-corrected chi connectivity index (χ3v) is 3.39. The molecular formula is C11H14N2O4S. The Morgan fingerprint density at radius 2 is 2.28 bits per heavy atom. The van der Waals surface area contributed by atoms with Gasteiger partial charge < -0.3 is 10.4 Å². The van der Waals surface area contributed by atoms with Gasteiger partial charge in [0.1, 0.15) is 5.56 Å². The second-order valence-electron chi connectivity index (χ2n) is 3.72. The maximum atomic E-state index is 10.8. The summed E-state index contributed by atoms with van der Waals surface area (Å²) in [6.07, 6.45) is 1.97. The highest BCUT2D eigenvalue weighted by atomic mass is 32.2. The van der Waals surface area contributed by atoms with Gasteiger partial charge in [-0.05, 0) is 18.4 Å². The molecule has 0 fully saturated rings. The van der Waals surface area contributed by atoms with E-state index >= 15 is 0 Å². The van der Waals surface area contributed by atoms with Gasteiger partial charge in [-0.1, -0.05) is 6.92 Å². The Labute approximate surface area is 109 Å². The lowest BCUT2D eigenvalue weighted by Crippen LogP contribution is -2.13. The van der Waals surface area contributed by atoms with Crippen molar-refractivity contribution in [3.8, 4) is 0 Å². The number of carboxylic acid groups (broad SMARTS) is 1. The maximum absolute atomic E-state index is 10.8. The van der Waals surface area contributed by atoms with Crippen molar-refractivity contribution in [1.29, 1.82) is 0 Å². The SMILES string of the molecule is CSC(C)CNc1ccc(C(=O)O)c([N+](=O)[O-])c1. The third kappa shape index (κ3) is 3.63. The Bertz CT molecular complexity index is 464. The van der Waals surface area contributed by atoms with E-state index in [1.807, 2.05) is 13.2 Å². The molecule has 1 rings (SSSR count). The van der Waals surface area contributed by atoms with Gasteiger partial charge in [-0.3, -0.25) is 10.1 Å². The summed E-state index contributed by atoms with van der Waals surface area (Å²) < 4.78 is 0. The van der Waals surface area contributed by atoms with Crippen LogP contribution in [0.2, 0.25) is 0 Å². The zero-order valence-electron chi connectivity index (χ0n) is 10.0. The summed E-state index contributed by atoms with van der Waals surface area (Å²) >= 11 is 1.67. The van der Waals surface area contributed by atoms with E-state index < -0.39 is 16.6 Å². The molecule has 0 aliphatic heterocycles. The predicted octanol–water partition coefficient (Wildman–Crippen LogP) is 2.46. The van der Waals surface area contributed by atoms with Crippen LogP contribution in [0.25, 0.3) is 0 Å². The quantitative estimate of drug-likeness (QED) is 0.609. The molecule has 0 amide bonds. The van der Waals surface area contributed by atoms with Crippen LogP contribution in [0.1, 0.15) is 17.3 Å². The smallest absolute Gasteiger partial charge is 0.342 e. The molecule has 1 aromatic carbocycles. The molecule has 1 aromatic rings. The summed E-state index contributed by atoms with van der Waals surface area (Å²) in [6, 6.07) is 4.02. The molecule has 2 N–H and O–H groups in total. The molecule has 0 radical (unpaired) electrons. The number of anilines is 1. The molecule has 0 saturated carbocycles. The number of nitro benzene ring substituents is 1. The molecule has 0 aromatic heterocycles. The number of rotatable bonds is 6. The molecule has 1 atom stereocenters. The largest absolute Gasteiger partial charge is 0.477 e. The number of nitro groups is 1. The van der Waals surface area contributed by atoms with Crippen LogP contribution >= 0.6 is 11.8 Å². The minimum atomic E-state index is -1.30. The van der Waals surface area contributed by atoms with Crippen LogP contribution in [0, 0.1) is 10.1 Å². The molecule has 0 spiro atoms. The maximum Gasteiger partial charge on any atom is 0.342 e. The molecule has 0 aliphatic carbocycles. The number of hydrogen-bond donors (Lipinski definition) is 2. The van der Waals surface area contributed by atoms with Gasteiger partial charge in [0.15, 0.2) is 0 Å². The van der Waals surface area contributed by atoms with Gasteiger partial charge in [-0.25, -0.2) is 4.79 Å². The van der Waals surface area contributed by atoms with E-state index in [0.717, 1.165) is 0 Å². The Morgan fingerprint density at radius 1 is 1.61 bits per heavy atom. The number of thioether (sulfide) groups is 1. The van der Waals surface area contributed by atoms with Crippen molar-refractivity contribution in [3.05, 3.63) is 33.9 Å². The van der Waals surface area contributed by atoms with Crippen LogP contribution in [-0.2, 0) is 0 Å². The van der Waals surface area contributed by atoms with E-state index in [4.69, 9.17) is 5.11 Å². The molecule has 7 heteroatoms. The van der Waals surface area contributed by atoms with Crippen LogP contribution < -0.4 is 5.32 Å². The minimum absolute atomic E-state index is 0.302. The first kappa shape index (κ1) is 14.3. The number of aromatic carboxylic acids is 1. The van der Waals surface area contributed by atoms with E-state index in [1.165, 1.54) is 18.2 Å². The van der Waals surface area contributed by atoms with Crippen LogP contribution in [-0.4, -0.2) is 34.0 Å². The molecule has 6 nitrogen and oxygen atoms in total. The Balaban J connectivity index is 2.93. The summed E-state index contributed by atoms with van der Waals surface area (Å²) in [4.78, 5) is 20.9. The molecular weight excluding hydrogens is 256 g/mol. The Morgan fingerprint density at radius 3 is 2.78 bits per heavy atom. The van der Waals surface area contributed by atoms with Crippen molar-refractivity contribution in [3.63, 3.8) is 0 Å². The summed E-state index contributed by atoms with van der Waals surface area (Å²) in [7, 11) is 0. The Hall–Kier alpha value is -1.76. The number of hydrogen-bond acceptors (Lipinski definition) is 5. The van der Waals surface area contributed by atoms with E-state index in [9.17, 15) is 14.9 Å². The van der Waals surface area contributed by atoms with Gasteiger partial charge in [0.2, 0.25) is 0 Å². The van der Waals surface area contributed by atoms with Crippen LogP contribution in [0.3, 0.4) is 0 Å². The average Bonchev–Trinajstić information content (AvgIpc) is 2.35. The minimum Gasteiger partial charge on any atom is -0.477 e. The first-order valence-electron chi connectivity index (χ1n) is 5.24. The van der Waals surface area contributed by atoms with E-state index in [1.54, 1.807) is 11.8 Å². The van der Waals surface area contributed by atoms with E-state index in [-0.39, 0.29) is 5.56 Å². The lowest BCUT2D eigenvalue weighted by atomic mass is 10.1. The second-order valence-corrected chi connectivity index (χ2v) is 5.00. The zero-order valence-corrected chi connectivity index (χ0v) is 10.9. The van der Waals surface area contributed by atoms with Crippen LogP contribution in [0.4, 0.5) is 11.4 Å². The van der Waals surface area contributed by atoms with Crippen molar-refractivity contribution >= 4 is 29.1 Å². The number of nitrogens with zero attached hydrogens (tertiary/aromatic N) is 1. The molecule has 0 saturated heterocycles. The number of carbonyl (C=O) groups is 1. The van der Waals surface area contributed by atoms with Gasteiger partial charge in [-0.15, -0.1) is 0 Å². The topological polar surface area (TPSA) is 92.5 Å². The van der Waals surface area contributed by atoms with Crippen molar-refractivity contribution in [2.75, 3.05) is 18.1 Å². The summed E-state index contributed by atoms with van der Waals surface area (Å²) in [6.45, 7) is 2.68. The second kappa shape index (κ2) is 6.25. The van der Waals surface area contributed by atoms with Gasteiger partial charge in [0, 0.05) is 23.5 Å². The first-order chi connectivity index (χ1) is 8.45. The normalized spacial score (nSPS) is 11.9. The zero-order chi connectivity index (χ0) is 13.7. The molecule has 18 heavy (non-hydrogen) atoms. The van der Waals surface area contributed by atoms with Crippen molar-refractivity contribution in [1.82, 2.24) is 0 Å². The van der Waals surface area contributed by atoms with E-state index in [0.29, 0.717) is 17.5 Å². The highest BCUT2D eigenvalue weighted by molar-refractivity contribution is 7.99. The fourth-order valence-electron chi connectivity index (χ4n) is 1.32. The standard InChI is InChI=1S/C11H14N2O4S/c1-7(18-2)6-12-8-3-4-9(11(14)15)10(5-8)13(16)17/h3-5,7,12H,6H2,1-2H3,(H,14,15). The number of benzene rings is 1. The molecule has 0 heterocycles. The summed E-state index contributed by atoms with van der Waals surface area (Å²) in [5.41, 5.74) is -0.152. The fraction of sp³-hybridized carbons (Fsp3) is 0.364. The van der Waals surface area contributed by atoms with Gasteiger partial charge >= 0.3 is 5.97 Å². The summed E-state index contributed by atoms with van der Waals surface area (Å²) in [5, 5.41) is 23.0. The molecule has 1 unspecified atom stereocenters. The van der Waals surface area contributed by atoms with Crippen molar-refractivity contribution < 1.29 is 14.8 Å². The third-order valence-electron chi connectivity index (χ3n) is 2.42. The van der Waals surface area contributed by atoms with Gasteiger partial charge in [0.25, 0.3) is 5.69 Å². The van der Waals surface area contributed by atoms with Gasteiger partial charge in [0.05, 0.1) is 4.92 Å². The van der Waals surface area contributed by atoms with Crippen LogP contribution in [0.15, 0.2) is 18.2 Å². The molecule has 0 bridgehead atoms. The average molecular weight is 270 g/mol. The van der Waals surface area contributed by atoms with Crippen molar-refractivity contribution in [2.45, 2.75) is 12.2 Å². The molecule has 0 aliphatic rings. The number of nitrogens with one attached hydrogen (secondary N) is 1. The highest BCUT2D eigenvalue weighted by Crippen LogP contribution is 2.23. The van der Waals surface area contributed by atoms with Crippen LogP contribution in [0.5, 0.6) is 0 Å². The molecule has 98 valence electrons. The predicted molar refractivity (Wildman–Crippen MR) is 71.5 cm³/mol. The van der Waals surface area contributed by atoms with Crippen molar-refractivity contribution in [2.24, 2.45) is 0 Å². The lowest BCUT2D eigenvalue weighted by Gasteiger charge is -2.11.